The molecular weight excluding hydrogens is 266 g/mol. The number of aromatic nitrogens is 1. The summed E-state index contributed by atoms with van der Waals surface area (Å²) >= 11 is 6.54. The van der Waals surface area contributed by atoms with Gasteiger partial charge in [0.25, 0.3) is 0 Å². The zero-order chi connectivity index (χ0) is 13.9. The molecule has 3 aromatic rings. The van der Waals surface area contributed by atoms with Crippen molar-refractivity contribution in [3.8, 4) is 22.4 Å². The van der Waals surface area contributed by atoms with Crippen LogP contribution in [0.4, 0.5) is 0 Å². The molecule has 1 heterocycles. The SMILES string of the molecule is Cc1cnc(-c2ccccc2)c(-c2ccccc2)c1Cl. The fraction of sp³-hybridized carbons (Fsp3) is 0.0556. The van der Waals surface area contributed by atoms with Gasteiger partial charge in [-0.25, -0.2) is 0 Å². The average molecular weight is 280 g/mol. The first kappa shape index (κ1) is 12.9. The van der Waals surface area contributed by atoms with E-state index >= 15 is 0 Å². The van der Waals surface area contributed by atoms with Gasteiger partial charge in [-0.1, -0.05) is 72.3 Å². The van der Waals surface area contributed by atoms with Crippen molar-refractivity contribution >= 4 is 11.6 Å². The summed E-state index contributed by atoms with van der Waals surface area (Å²) in [7, 11) is 0. The zero-order valence-corrected chi connectivity index (χ0v) is 11.9. The van der Waals surface area contributed by atoms with E-state index in [-0.39, 0.29) is 0 Å². The Kier molecular flexibility index (Phi) is 3.53. The van der Waals surface area contributed by atoms with Crippen LogP contribution in [0.25, 0.3) is 22.4 Å². The molecule has 0 atom stereocenters. The van der Waals surface area contributed by atoms with E-state index in [0.29, 0.717) is 0 Å². The van der Waals surface area contributed by atoms with Gasteiger partial charge in [0.15, 0.2) is 0 Å². The summed E-state index contributed by atoms with van der Waals surface area (Å²) in [5.41, 5.74) is 5.08. The monoisotopic (exact) mass is 279 g/mol. The third kappa shape index (κ3) is 2.33. The topological polar surface area (TPSA) is 12.9 Å². The number of rotatable bonds is 2. The lowest BCUT2D eigenvalue weighted by Crippen LogP contribution is -1.93. The third-order valence-electron chi connectivity index (χ3n) is 3.30. The molecule has 1 aromatic heterocycles. The van der Waals surface area contributed by atoms with E-state index in [9.17, 15) is 0 Å². The minimum Gasteiger partial charge on any atom is -0.255 e. The number of aryl methyl sites for hydroxylation is 1. The molecule has 2 aromatic carbocycles. The summed E-state index contributed by atoms with van der Waals surface area (Å²) in [5, 5.41) is 0.769. The van der Waals surface area contributed by atoms with Crippen LogP contribution in [0.1, 0.15) is 5.56 Å². The van der Waals surface area contributed by atoms with Gasteiger partial charge < -0.3 is 0 Å². The lowest BCUT2D eigenvalue weighted by atomic mass is 9.98. The molecule has 0 radical (unpaired) electrons. The maximum Gasteiger partial charge on any atom is 0.0795 e. The highest BCUT2D eigenvalue weighted by Crippen LogP contribution is 2.37. The van der Waals surface area contributed by atoms with Crippen LogP contribution in [0, 0.1) is 6.92 Å². The normalized spacial score (nSPS) is 10.5. The lowest BCUT2D eigenvalue weighted by Gasteiger charge is -2.13. The molecule has 98 valence electrons. The van der Waals surface area contributed by atoms with Crippen LogP contribution < -0.4 is 0 Å². The summed E-state index contributed by atoms with van der Waals surface area (Å²) in [6.07, 6.45) is 1.83. The van der Waals surface area contributed by atoms with Crippen molar-refractivity contribution in [2.45, 2.75) is 6.92 Å². The Labute approximate surface area is 123 Å². The van der Waals surface area contributed by atoms with Gasteiger partial charge in [0, 0.05) is 17.3 Å². The molecule has 0 amide bonds. The number of hydrogen-bond donors (Lipinski definition) is 0. The van der Waals surface area contributed by atoms with Crippen LogP contribution in [0.2, 0.25) is 5.02 Å². The zero-order valence-electron chi connectivity index (χ0n) is 11.2. The van der Waals surface area contributed by atoms with Crippen molar-refractivity contribution in [1.29, 1.82) is 0 Å². The summed E-state index contributed by atoms with van der Waals surface area (Å²) in [4.78, 5) is 4.60. The Morgan fingerprint density at radius 2 is 1.35 bits per heavy atom. The predicted octanol–water partition coefficient (Wildman–Crippen LogP) is 5.38. The molecule has 0 aliphatic heterocycles. The Morgan fingerprint density at radius 3 is 1.95 bits per heavy atom. The Hall–Kier alpha value is -2.12. The van der Waals surface area contributed by atoms with Crippen LogP contribution in [-0.2, 0) is 0 Å². The van der Waals surface area contributed by atoms with Crippen LogP contribution in [-0.4, -0.2) is 4.98 Å². The van der Waals surface area contributed by atoms with E-state index in [4.69, 9.17) is 11.6 Å². The molecule has 0 N–H and O–H groups in total. The van der Waals surface area contributed by atoms with Crippen molar-refractivity contribution in [3.05, 3.63) is 77.4 Å². The van der Waals surface area contributed by atoms with Gasteiger partial charge in [-0.3, -0.25) is 4.98 Å². The van der Waals surface area contributed by atoms with Crippen molar-refractivity contribution in [2.24, 2.45) is 0 Å². The smallest absolute Gasteiger partial charge is 0.0795 e. The van der Waals surface area contributed by atoms with Crippen molar-refractivity contribution in [1.82, 2.24) is 4.98 Å². The largest absolute Gasteiger partial charge is 0.255 e. The number of pyridine rings is 1. The van der Waals surface area contributed by atoms with E-state index < -0.39 is 0 Å². The van der Waals surface area contributed by atoms with Crippen molar-refractivity contribution in [2.75, 3.05) is 0 Å². The molecule has 0 spiro atoms. The number of nitrogens with zero attached hydrogens (tertiary/aromatic N) is 1. The molecule has 0 unspecified atom stereocenters. The Morgan fingerprint density at radius 1 is 0.800 bits per heavy atom. The highest BCUT2D eigenvalue weighted by atomic mass is 35.5. The van der Waals surface area contributed by atoms with Gasteiger partial charge >= 0.3 is 0 Å². The molecule has 0 aliphatic rings. The first-order valence-corrected chi connectivity index (χ1v) is 6.91. The second kappa shape index (κ2) is 5.48. The molecule has 0 bridgehead atoms. The van der Waals surface area contributed by atoms with E-state index in [1.165, 1.54) is 0 Å². The minimum absolute atomic E-state index is 0.769. The molecule has 2 heteroatoms. The maximum absolute atomic E-state index is 6.54. The first-order chi connectivity index (χ1) is 9.77. The molecular formula is C18H14ClN. The quantitative estimate of drug-likeness (QED) is 0.614. The van der Waals surface area contributed by atoms with E-state index in [1.807, 2.05) is 49.5 Å². The highest BCUT2D eigenvalue weighted by Gasteiger charge is 2.14. The summed E-state index contributed by atoms with van der Waals surface area (Å²) in [5.74, 6) is 0. The van der Waals surface area contributed by atoms with E-state index in [0.717, 1.165) is 33.0 Å². The summed E-state index contributed by atoms with van der Waals surface area (Å²) in [6, 6.07) is 20.3. The van der Waals surface area contributed by atoms with Gasteiger partial charge in [0.2, 0.25) is 0 Å². The van der Waals surface area contributed by atoms with Crippen LogP contribution in [0.5, 0.6) is 0 Å². The van der Waals surface area contributed by atoms with Crippen LogP contribution in [0.15, 0.2) is 66.9 Å². The van der Waals surface area contributed by atoms with Gasteiger partial charge in [-0.05, 0) is 18.1 Å². The summed E-state index contributed by atoms with van der Waals surface area (Å²) < 4.78 is 0. The lowest BCUT2D eigenvalue weighted by molar-refractivity contribution is 1.27. The third-order valence-corrected chi connectivity index (χ3v) is 3.79. The van der Waals surface area contributed by atoms with E-state index in [1.54, 1.807) is 0 Å². The van der Waals surface area contributed by atoms with Crippen molar-refractivity contribution in [3.63, 3.8) is 0 Å². The molecule has 1 nitrogen and oxygen atoms in total. The number of benzene rings is 2. The van der Waals surface area contributed by atoms with E-state index in [2.05, 4.69) is 29.2 Å². The minimum atomic E-state index is 0.769. The van der Waals surface area contributed by atoms with Gasteiger partial charge in [0.05, 0.1) is 10.7 Å². The Bertz CT molecular complexity index is 721. The Balaban J connectivity index is 2.29. The van der Waals surface area contributed by atoms with Crippen LogP contribution in [0.3, 0.4) is 0 Å². The molecule has 0 saturated heterocycles. The van der Waals surface area contributed by atoms with Crippen LogP contribution >= 0.6 is 11.6 Å². The highest BCUT2D eigenvalue weighted by molar-refractivity contribution is 6.34. The second-order valence-corrected chi connectivity index (χ2v) is 5.09. The maximum atomic E-state index is 6.54. The predicted molar refractivity (Wildman–Crippen MR) is 84.9 cm³/mol. The number of hydrogen-bond acceptors (Lipinski definition) is 1. The molecule has 0 fully saturated rings. The fourth-order valence-corrected chi connectivity index (χ4v) is 2.51. The fourth-order valence-electron chi connectivity index (χ4n) is 2.27. The number of halogens is 1. The average Bonchev–Trinajstić information content (AvgIpc) is 2.51. The molecule has 0 aliphatic carbocycles. The van der Waals surface area contributed by atoms with Gasteiger partial charge in [-0.2, -0.15) is 0 Å². The standard InChI is InChI=1S/C18H14ClN/c1-13-12-20-18(15-10-6-3-7-11-15)16(17(13)19)14-8-4-2-5-9-14/h2-12H,1H3. The first-order valence-electron chi connectivity index (χ1n) is 6.53. The van der Waals surface area contributed by atoms with Gasteiger partial charge in [-0.15, -0.1) is 0 Å². The molecule has 0 saturated carbocycles. The molecule has 3 rings (SSSR count). The van der Waals surface area contributed by atoms with Gasteiger partial charge in [0.1, 0.15) is 0 Å². The molecule has 20 heavy (non-hydrogen) atoms. The van der Waals surface area contributed by atoms with Crippen molar-refractivity contribution < 1.29 is 0 Å². The summed E-state index contributed by atoms with van der Waals surface area (Å²) in [6.45, 7) is 1.98. The second-order valence-electron chi connectivity index (χ2n) is 4.71.